The second-order valence-electron chi connectivity index (χ2n) is 4.21. The summed E-state index contributed by atoms with van der Waals surface area (Å²) in [6.45, 7) is 4.15. The maximum Gasteiger partial charge on any atom is 0.501 e. The lowest BCUT2D eigenvalue weighted by Gasteiger charge is -2.27. The van der Waals surface area contributed by atoms with Crippen LogP contribution in [-0.2, 0) is 19.7 Å². The Balaban J connectivity index is 2.95. The molecule has 21 heavy (non-hydrogen) atoms. The predicted octanol–water partition coefficient (Wildman–Crippen LogP) is 3.44. The molecule has 1 aromatic carbocycles. The second-order valence-corrected chi connectivity index (χ2v) is 7.06. The van der Waals surface area contributed by atoms with Crippen molar-refractivity contribution in [2.24, 2.45) is 0 Å². The van der Waals surface area contributed by atoms with Crippen molar-refractivity contribution in [2.75, 3.05) is 20.3 Å². The van der Waals surface area contributed by atoms with Gasteiger partial charge in [0, 0.05) is 26.4 Å². The molecule has 0 fully saturated rings. The third kappa shape index (κ3) is 4.25. The Bertz CT molecular complexity index is 479. The minimum absolute atomic E-state index is 0.0833. The SMILES string of the molecule is CCO[Si](CCc1cc(F)c(F)c(F)c1F)(OC)OCC. The quantitative estimate of drug-likeness (QED) is 0.317. The first-order valence-corrected chi connectivity index (χ1v) is 8.48. The molecule has 0 aliphatic heterocycles. The van der Waals surface area contributed by atoms with Crippen LogP contribution >= 0.6 is 0 Å². The maximum absolute atomic E-state index is 13.6. The van der Waals surface area contributed by atoms with Crippen molar-refractivity contribution in [2.45, 2.75) is 26.3 Å². The molecule has 0 aliphatic rings. The summed E-state index contributed by atoms with van der Waals surface area (Å²) in [4.78, 5) is 0. The Morgan fingerprint density at radius 3 is 2.00 bits per heavy atom. The lowest BCUT2D eigenvalue weighted by Crippen LogP contribution is -2.45. The van der Waals surface area contributed by atoms with Gasteiger partial charge in [-0.15, -0.1) is 0 Å². The standard InChI is InChI=1S/C13H18F4O3Si/c1-4-19-21(18-3,20-5-2)7-6-9-8-10(14)12(16)13(17)11(9)15/h8H,4-7H2,1-3H3. The van der Waals surface area contributed by atoms with E-state index in [-0.39, 0.29) is 18.0 Å². The summed E-state index contributed by atoms with van der Waals surface area (Å²) in [5.41, 5.74) is -0.278. The molecular formula is C13H18F4O3Si. The first-order chi connectivity index (χ1) is 9.90. The third-order valence-corrected chi connectivity index (χ3v) is 5.86. The number of aryl methyl sites for hydroxylation is 1. The van der Waals surface area contributed by atoms with Crippen molar-refractivity contribution in [1.29, 1.82) is 0 Å². The number of rotatable bonds is 8. The lowest BCUT2D eigenvalue weighted by molar-refractivity contribution is 0.0867. The molecule has 0 spiro atoms. The van der Waals surface area contributed by atoms with Gasteiger partial charge >= 0.3 is 8.80 Å². The molecule has 0 amide bonds. The Labute approximate surface area is 122 Å². The van der Waals surface area contributed by atoms with Gasteiger partial charge in [0.2, 0.25) is 0 Å². The molecule has 1 rings (SSSR count). The number of hydrogen-bond donors (Lipinski definition) is 0. The van der Waals surface area contributed by atoms with E-state index in [1.54, 1.807) is 13.8 Å². The van der Waals surface area contributed by atoms with Crippen molar-refractivity contribution >= 4 is 8.80 Å². The highest BCUT2D eigenvalue weighted by molar-refractivity contribution is 6.60. The van der Waals surface area contributed by atoms with Crippen LogP contribution in [-0.4, -0.2) is 29.1 Å². The summed E-state index contributed by atoms with van der Waals surface area (Å²) < 4.78 is 69.1. The molecule has 0 N–H and O–H groups in total. The van der Waals surface area contributed by atoms with Gasteiger partial charge in [-0.1, -0.05) is 0 Å². The largest absolute Gasteiger partial charge is 0.501 e. The Kier molecular flexibility index (Phi) is 6.79. The third-order valence-electron chi connectivity index (χ3n) is 2.92. The van der Waals surface area contributed by atoms with Gasteiger partial charge in [-0.2, -0.15) is 0 Å². The number of benzene rings is 1. The van der Waals surface area contributed by atoms with Crippen molar-refractivity contribution in [1.82, 2.24) is 0 Å². The molecule has 8 heteroatoms. The van der Waals surface area contributed by atoms with Crippen LogP contribution in [0.3, 0.4) is 0 Å². The summed E-state index contributed by atoms with van der Waals surface area (Å²) in [5, 5.41) is 0. The Morgan fingerprint density at radius 1 is 0.952 bits per heavy atom. The molecule has 0 aliphatic carbocycles. The topological polar surface area (TPSA) is 27.7 Å². The molecule has 120 valence electrons. The van der Waals surface area contributed by atoms with Gasteiger partial charge in [0.15, 0.2) is 23.3 Å². The van der Waals surface area contributed by atoms with Crippen LogP contribution < -0.4 is 0 Å². The number of hydrogen-bond acceptors (Lipinski definition) is 3. The highest BCUT2D eigenvalue weighted by Crippen LogP contribution is 2.23. The molecule has 3 nitrogen and oxygen atoms in total. The van der Waals surface area contributed by atoms with E-state index in [2.05, 4.69) is 0 Å². The van der Waals surface area contributed by atoms with Crippen molar-refractivity contribution in [3.05, 3.63) is 34.9 Å². The highest BCUT2D eigenvalue weighted by atomic mass is 28.4. The first kappa shape index (κ1) is 18.1. The van der Waals surface area contributed by atoms with Crippen molar-refractivity contribution in [3.63, 3.8) is 0 Å². The van der Waals surface area contributed by atoms with E-state index >= 15 is 0 Å². The monoisotopic (exact) mass is 326 g/mol. The fourth-order valence-corrected chi connectivity index (χ4v) is 4.20. The molecule has 0 aromatic heterocycles. The normalized spacial score (nSPS) is 12.0. The van der Waals surface area contributed by atoms with Gasteiger partial charge in [-0.05, 0) is 31.9 Å². The zero-order valence-electron chi connectivity index (χ0n) is 12.1. The van der Waals surface area contributed by atoms with Crippen LogP contribution in [0.2, 0.25) is 6.04 Å². The van der Waals surface area contributed by atoms with Crippen molar-refractivity contribution in [3.8, 4) is 0 Å². The van der Waals surface area contributed by atoms with Gasteiger partial charge in [0.05, 0.1) is 0 Å². The lowest BCUT2D eigenvalue weighted by atomic mass is 10.1. The molecule has 0 radical (unpaired) electrons. The van der Waals surface area contributed by atoms with Gasteiger partial charge in [0.25, 0.3) is 0 Å². The van der Waals surface area contributed by atoms with Gasteiger partial charge in [-0.3, -0.25) is 0 Å². The van der Waals surface area contributed by atoms with Crippen LogP contribution in [0, 0.1) is 23.3 Å². The van der Waals surface area contributed by atoms with Crippen LogP contribution in [0.15, 0.2) is 6.07 Å². The molecular weight excluding hydrogens is 308 g/mol. The Morgan fingerprint density at radius 2 is 1.52 bits per heavy atom. The molecule has 0 saturated heterocycles. The van der Waals surface area contributed by atoms with Gasteiger partial charge in [-0.25, -0.2) is 17.6 Å². The van der Waals surface area contributed by atoms with E-state index < -0.39 is 32.1 Å². The minimum Gasteiger partial charge on any atom is -0.377 e. The van der Waals surface area contributed by atoms with Crippen molar-refractivity contribution < 1.29 is 30.8 Å². The molecule has 0 saturated carbocycles. The molecule has 1 aromatic rings. The molecule has 0 atom stereocenters. The van der Waals surface area contributed by atoms with Gasteiger partial charge < -0.3 is 13.3 Å². The zero-order chi connectivity index (χ0) is 16.0. The number of halogens is 4. The van der Waals surface area contributed by atoms with E-state index in [0.29, 0.717) is 19.3 Å². The van der Waals surface area contributed by atoms with Crippen LogP contribution in [0.25, 0.3) is 0 Å². The molecule has 0 bridgehead atoms. The summed E-state index contributed by atoms with van der Waals surface area (Å²) in [5.74, 6) is -6.47. The van der Waals surface area contributed by atoms with E-state index in [4.69, 9.17) is 13.3 Å². The van der Waals surface area contributed by atoms with Crippen LogP contribution in [0.4, 0.5) is 17.6 Å². The average Bonchev–Trinajstić information content (AvgIpc) is 2.47. The summed E-state index contributed by atoms with van der Waals surface area (Å²) in [6, 6.07) is 0.771. The van der Waals surface area contributed by atoms with E-state index in [1.807, 2.05) is 0 Å². The van der Waals surface area contributed by atoms with E-state index in [0.717, 1.165) is 0 Å². The fourth-order valence-electron chi connectivity index (χ4n) is 1.94. The van der Waals surface area contributed by atoms with E-state index in [9.17, 15) is 17.6 Å². The maximum atomic E-state index is 13.6. The molecule has 0 heterocycles. The minimum atomic E-state index is -3.03. The van der Waals surface area contributed by atoms with Crippen LogP contribution in [0.1, 0.15) is 19.4 Å². The fraction of sp³-hybridized carbons (Fsp3) is 0.538. The summed E-state index contributed by atoms with van der Waals surface area (Å²) in [7, 11) is -1.63. The van der Waals surface area contributed by atoms with Gasteiger partial charge in [0.1, 0.15) is 0 Å². The molecule has 0 unspecified atom stereocenters. The zero-order valence-corrected chi connectivity index (χ0v) is 13.1. The van der Waals surface area contributed by atoms with Crippen LogP contribution in [0.5, 0.6) is 0 Å². The van der Waals surface area contributed by atoms with E-state index in [1.165, 1.54) is 7.11 Å². The highest BCUT2D eigenvalue weighted by Gasteiger charge is 2.39. The summed E-state index contributed by atoms with van der Waals surface area (Å²) in [6.07, 6.45) is -0.0833. The average molecular weight is 326 g/mol. The predicted molar refractivity (Wildman–Crippen MR) is 70.8 cm³/mol. The smallest absolute Gasteiger partial charge is 0.377 e. The first-order valence-electron chi connectivity index (χ1n) is 6.55. The Hall–Kier alpha value is -0.963. The summed E-state index contributed by atoms with van der Waals surface area (Å²) >= 11 is 0. The second kappa shape index (κ2) is 7.88.